The average Bonchev–Trinajstić information content (AvgIpc) is 3.25. The molecule has 1 aliphatic heterocycles. The Morgan fingerprint density at radius 2 is 1.90 bits per heavy atom. The fraction of sp³-hybridized carbons (Fsp3) is 0.400. The normalized spacial score (nSPS) is 16.4. The van der Waals surface area contributed by atoms with E-state index in [2.05, 4.69) is 49.1 Å². The number of anilines is 1. The van der Waals surface area contributed by atoms with E-state index in [1.165, 1.54) is 16.8 Å². The first-order valence-electron chi connectivity index (χ1n) is 10.7. The number of aryl methyl sites for hydroxylation is 2. The predicted octanol–water partition coefficient (Wildman–Crippen LogP) is 5.46. The maximum Gasteiger partial charge on any atom is 0.339 e. The first-order chi connectivity index (χ1) is 14.1. The molecule has 2 aromatic carbocycles. The minimum atomic E-state index is -0.174. The van der Waals surface area contributed by atoms with Crippen molar-refractivity contribution in [1.29, 1.82) is 0 Å². The number of nitrogens with zero attached hydrogens (tertiary/aromatic N) is 1. The van der Waals surface area contributed by atoms with E-state index in [1.54, 1.807) is 0 Å². The van der Waals surface area contributed by atoms with Crippen LogP contribution in [0.1, 0.15) is 60.4 Å². The summed E-state index contributed by atoms with van der Waals surface area (Å²) < 4.78 is 11.9. The van der Waals surface area contributed by atoms with Gasteiger partial charge in [0, 0.05) is 34.3 Å². The van der Waals surface area contributed by atoms with E-state index in [0.717, 1.165) is 60.1 Å². The van der Waals surface area contributed by atoms with E-state index in [9.17, 15) is 4.79 Å². The first-order valence-corrected chi connectivity index (χ1v) is 10.7. The van der Waals surface area contributed by atoms with Gasteiger partial charge < -0.3 is 14.1 Å². The molecular weight excluding hydrogens is 362 g/mol. The lowest BCUT2D eigenvalue weighted by atomic mass is 9.97. The third kappa shape index (κ3) is 2.93. The summed E-state index contributed by atoms with van der Waals surface area (Å²) in [5.74, 6) is 1.44. The largest absolute Gasteiger partial charge is 0.472 e. The van der Waals surface area contributed by atoms with Gasteiger partial charge in [-0.25, -0.2) is 4.79 Å². The van der Waals surface area contributed by atoms with Crippen molar-refractivity contribution >= 4 is 16.7 Å². The van der Waals surface area contributed by atoms with E-state index in [4.69, 9.17) is 9.15 Å². The Hall–Kier alpha value is -2.75. The number of fused-ring (bicyclic) bond motifs is 4. The lowest BCUT2D eigenvalue weighted by Gasteiger charge is -2.32. The van der Waals surface area contributed by atoms with Crippen LogP contribution >= 0.6 is 0 Å². The molecule has 0 spiro atoms. The van der Waals surface area contributed by atoms with Crippen LogP contribution in [0.15, 0.2) is 39.5 Å². The summed E-state index contributed by atoms with van der Waals surface area (Å²) in [5.41, 5.74) is 7.22. The Kier molecular flexibility index (Phi) is 4.38. The van der Waals surface area contributed by atoms with Crippen LogP contribution in [0.5, 0.6) is 5.75 Å². The van der Waals surface area contributed by atoms with E-state index in [-0.39, 0.29) is 5.63 Å². The zero-order valence-electron chi connectivity index (χ0n) is 17.4. The van der Waals surface area contributed by atoms with Crippen molar-refractivity contribution in [2.24, 2.45) is 0 Å². The van der Waals surface area contributed by atoms with Gasteiger partial charge in [-0.3, -0.25) is 0 Å². The van der Waals surface area contributed by atoms with Gasteiger partial charge in [0.25, 0.3) is 0 Å². The molecule has 0 radical (unpaired) electrons. The van der Waals surface area contributed by atoms with Gasteiger partial charge in [-0.05, 0) is 67.9 Å². The quantitative estimate of drug-likeness (QED) is 0.558. The predicted molar refractivity (Wildman–Crippen MR) is 116 cm³/mol. The summed E-state index contributed by atoms with van der Waals surface area (Å²) in [6.07, 6.45) is 3.96. The third-order valence-electron chi connectivity index (χ3n) is 6.69. The van der Waals surface area contributed by atoms with Crippen LogP contribution in [0, 0.1) is 6.92 Å². The topological polar surface area (TPSA) is 42.7 Å². The summed E-state index contributed by atoms with van der Waals surface area (Å²) in [4.78, 5) is 14.6. The van der Waals surface area contributed by atoms with Crippen molar-refractivity contribution in [2.75, 3.05) is 11.6 Å². The van der Waals surface area contributed by atoms with Crippen molar-refractivity contribution in [3.05, 3.63) is 68.6 Å². The van der Waals surface area contributed by atoms with Crippen molar-refractivity contribution in [3.8, 4) is 5.75 Å². The van der Waals surface area contributed by atoms with Gasteiger partial charge in [0.2, 0.25) is 0 Å². The average molecular weight is 389 g/mol. The maximum atomic E-state index is 12.4. The Labute approximate surface area is 171 Å². The van der Waals surface area contributed by atoms with E-state index < -0.39 is 0 Å². The van der Waals surface area contributed by atoms with Gasteiger partial charge >= 0.3 is 5.63 Å². The van der Waals surface area contributed by atoms with E-state index in [1.807, 2.05) is 6.92 Å². The number of hydrogen-bond acceptors (Lipinski definition) is 4. The molecule has 3 aromatic rings. The molecule has 2 aliphatic rings. The molecule has 0 N–H and O–H groups in total. The van der Waals surface area contributed by atoms with Gasteiger partial charge in [0.05, 0.1) is 0 Å². The monoisotopic (exact) mass is 389 g/mol. The van der Waals surface area contributed by atoms with E-state index >= 15 is 0 Å². The Bertz CT molecular complexity index is 1140. The Morgan fingerprint density at radius 1 is 1.14 bits per heavy atom. The van der Waals surface area contributed by atoms with Crippen LogP contribution < -0.4 is 15.3 Å². The fourth-order valence-electron chi connectivity index (χ4n) is 4.75. The van der Waals surface area contributed by atoms with Crippen molar-refractivity contribution < 1.29 is 9.15 Å². The van der Waals surface area contributed by atoms with Gasteiger partial charge in [-0.15, -0.1) is 0 Å². The lowest BCUT2D eigenvalue weighted by Crippen LogP contribution is -2.32. The highest BCUT2D eigenvalue weighted by Crippen LogP contribution is 2.39. The zero-order chi connectivity index (χ0) is 20.1. The molecule has 0 fully saturated rings. The second-order valence-corrected chi connectivity index (χ2v) is 8.44. The molecule has 4 heteroatoms. The molecule has 5 rings (SSSR count). The Morgan fingerprint density at radius 3 is 2.66 bits per heavy atom. The van der Waals surface area contributed by atoms with Gasteiger partial charge in [0.15, 0.2) is 6.73 Å². The Balaban J connectivity index is 1.53. The second kappa shape index (κ2) is 6.94. The summed E-state index contributed by atoms with van der Waals surface area (Å²) >= 11 is 0. The highest BCUT2D eigenvalue weighted by molar-refractivity contribution is 5.87. The first kappa shape index (κ1) is 18.3. The number of ether oxygens (including phenoxy) is 1. The standard InChI is InChI=1S/C25H27NO3/c1-4-15(2)17-8-10-19(11-9-17)26-13-18-12-22-20-6-5-7-21(20)25(27)29-24(22)16(3)23(18)28-14-26/h8-12,15H,4-7,13-14H2,1-3H3/t15-/m0/s1. The minimum absolute atomic E-state index is 0.174. The van der Waals surface area contributed by atoms with Crippen molar-refractivity contribution in [1.82, 2.24) is 0 Å². The molecule has 150 valence electrons. The minimum Gasteiger partial charge on any atom is -0.472 e. The molecule has 4 nitrogen and oxygen atoms in total. The number of rotatable bonds is 3. The van der Waals surface area contributed by atoms with Crippen molar-refractivity contribution in [3.63, 3.8) is 0 Å². The zero-order valence-corrected chi connectivity index (χ0v) is 17.4. The van der Waals surface area contributed by atoms with Gasteiger partial charge in [-0.2, -0.15) is 0 Å². The lowest BCUT2D eigenvalue weighted by molar-refractivity contribution is 0.287. The summed E-state index contributed by atoms with van der Waals surface area (Å²) in [7, 11) is 0. The number of benzene rings is 2. The molecule has 2 heterocycles. The second-order valence-electron chi connectivity index (χ2n) is 8.44. The molecule has 1 aliphatic carbocycles. The molecule has 1 atom stereocenters. The summed E-state index contributed by atoms with van der Waals surface area (Å²) in [6, 6.07) is 11.0. The SMILES string of the molecule is CC[C@H](C)c1ccc(N2COc3c(cc4c5c(c(=O)oc4c3C)CCC5)C2)cc1. The van der Waals surface area contributed by atoms with Gasteiger partial charge in [-0.1, -0.05) is 26.0 Å². The molecule has 0 saturated carbocycles. The highest BCUT2D eigenvalue weighted by atomic mass is 16.5. The summed E-state index contributed by atoms with van der Waals surface area (Å²) in [6.45, 7) is 7.78. The highest BCUT2D eigenvalue weighted by Gasteiger charge is 2.26. The maximum absolute atomic E-state index is 12.4. The van der Waals surface area contributed by atoms with Crippen LogP contribution in [0.25, 0.3) is 11.0 Å². The fourth-order valence-corrected chi connectivity index (χ4v) is 4.75. The number of hydrogen-bond donors (Lipinski definition) is 0. The van der Waals surface area contributed by atoms with Crippen molar-refractivity contribution in [2.45, 2.75) is 58.9 Å². The van der Waals surface area contributed by atoms with Gasteiger partial charge in [0.1, 0.15) is 11.3 Å². The van der Waals surface area contributed by atoms with Crippen LogP contribution in [-0.4, -0.2) is 6.73 Å². The van der Waals surface area contributed by atoms with Crippen LogP contribution in [0.4, 0.5) is 5.69 Å². The molecule has 0 saturated heterocycles. The third-order valence-corrected chi connectivity index (χ3v) is 6.69. The molecule has 0 bridgehead atoms. The molecular formula is C25H27NO3. The van der Waals surface area contributed by atoms with Crippen LogP contribution in [0.2, 0.25) is 0 Å². The summed E-state index contributed by atoms with van der Waals surface area (Å²) in [5, 5.41) is 1.09. The van der Waals surface area contributed by atoms with Crippen LogP contribution in [-0.2, 0) is 19.4 Å². The molecule has 29 heavy (non-hydrogen) atoms. The molecule has 1 aromatic heterocycles. The van der Waals surface area contributed by atoms with Crippen LogP contribution in [0.3, 0.4) is 0 Å². The smallest absolute Gasteiger partial charge is 0.339 e. The van der Waals surface area contributed by atoms with E-state index in [0.29, 0.717) is 18.2 Å². The molecule has 0 amide bonds. The molecule has 0 unspecified atom stereocenters.